The Balaban J connectivity index is 2.57. The van der Waals surface area contributed by atoms with Crippen molar-refractivity contribution in [2.75, 3.05) is 20.2 Å². The molecule has 1 aromatic carbocycles. The van der Waals surface area contributed by atoms with Gasteiger partial charge in [0.2, 0.25) is 5.91 Å². The molecule has 0 aliphatic heterocycles. The third-order valence-corrected chi connectivity index (χ3v) is 3.25. The number of nitrogens with one attached hydrogen (secondary N) is 2. The van der Waals surface area contributed by atoms with E-state index in [-0.39, 0.29) is 5.91 Å². The maximum absolute atomic E-state index is 11.2. The molecule has 0 spiro atoms. The van der Waals surface area contributed by atoms with E-state index >= 15 is 0 Å². The van der Waals surface area contributed by atoms with Crippen LogP contribution in [0.2, 0.25) is 0 Å². The number of rotatable bonds is 8. The Morgan fingerprint density at radius 2 is 2.15 bits per heavy atom. The van der Waals surface area contributed by atoms with Crippen molar-refractivity contribution in [1.29, 1.82) is 0 Å². The standard InChI is InChI=1S/C15H23BrN2O2/c1-11(2)9-18-10-12-8-13(16)4-5-14(12)20-7-6-15(19)17-3/h4-5,8,11,18H,6-7,9-10H2,1-3H3,(H,17,19). The smallest absolute Gasteiger partial charge is 0.223 e. The molecule has 0 heterocycles. The quantitative estimate of drug-likeness (QED) is 0.763. The van der Waals surface area contributed by atoms with Crippen molar-refractivity contribution in [3.8, 4) is 5.75 Å². The van der Waals surface area contributed by atoms with Crippen LogP contribution in [0.25, 0.3) is 0 Å². The summed E-state index contributed by atoms with van der Waals surface area (Å²) in [6, 6.07) is 5.92. The van der Waals surface area contributed by atoms with E-state index in [4.69, 9.17) is 4.74 Å². The molecule has 0 radical (unpaired) electrons. The van der Waals surface area contributed by atoms with Crippen molar-refractivity contribution >= 4 is 21.8 Å². The summed E-state index contributed by atoms with van der Waals surface area (Å²) in [5, 5.41) is 5.98. The fourth-order valence-corrected chi connectivity index (χ4v) is 2.11. The molecule has 0 aliphatic rings. The first-order valence-corrected chi connectivity index (χ1v) is 7.64. The molecule has 112 valence electrons. The van der Waals surface area contributed by atoms with Crippen LogP contribution in [0.15, 0.2) is 22.7 Å². The van der Waals surface area contributed by atoms with Gasteiger partial charge in [0, 0.05) is 23.6 Å². The summed E-state index contributed by atoms with van der Waals surface area (Å²) in [6.45, 7) is 6.46. The Bertz CT molecular complexity index is 436. The van der Waals surface area contributed by atoms with Crippen LogP contribution in [0.3, 0.4) is 0 Å². The van der Waals surface area contributed by atoms with Gasteiger partial charge >= 0.3 is 0 Å². The fraction of sp³-hybridized carbons (Fsp3) is 0.533. The molecule has 0 bridgehead atoms. The molecule has 0 saturated carbocycles. The predicted molar refractivity (Wildman–Crippen MR) is 84.9 cm³/mol. The van der Waals surface area contributed by atoms with Crippen LogP contribution in [0, 0.1) is 5.92 Å². The van der Waals surface area contributed by atoms with E-state index in [2.05, 4.69) is 40.4 Å². The highest BCUT2D eigenvalue weighted by Crippen LogP contribution is 2.23. The fourth-order valence-electron chi connectivity index (χ4n) is 1.70. The van der Waals surface area contributed by atoms with Crippen LogP contribution in [-0.4, -0.2) is 26.1 Å². The van der Waals surface area contributed by atoms with Crippen LogP contribution in [0.5, 0.6) is 5.75 Å². The predicted octanol–water partition coefficient (Wildman–Crippen LogP) is 2.71. The monoisotopic (exact) mass is 342 g/mol. The van der Waals surface area contributed by atoms with Gasteiger partial charge in [0.1, 0.15) is 5.75 Å². The Labute approximate surface area is 129 Å². The summed E-state index contributed by atoms with van der Waals surface area (Å²) in [4.78, 5) is 11.2. The summed E-state index contributed by atoms with van der Waals surface area (Å²) >= 11 is 3.47. The number of carbonyl (C=O) groups excluding carboxylic acids is 1. The second kappa shape index (κ2) is 8.97. The molecule has 0 unspecified atom stereocenters. The SMILES string of the molecule is CNC(=O)CCOc1ccc(Br)cc1CNCC(C)C. The van der Waals surface area contributed by atoms with E-state index in [1.807, 2.05) is 18.2 Å². The zero-order valence-corrected chi connectivity index (χ0v) is 13.9. The molecule has 0 fully saturated rings. The lowest BCUT2D eigenvalue weighted by Gasteiger charge is -2.13. The Kier molecular flexibility index (Phi) is 7.62. The van der Waals surface area contributed by atoms with Crippen LogP contribution in [0.1, 0.15) is 25.8 Å². The van der Waals surface area contributed by atoms with Gasteiger partial charge in [0.05, 0.1) is 13.0 Å². The lowest BCUT2D eigenvalue weighted by molar-refractivity contribution is -0.121. The summed E-state index contributed by atoms with van der Waals surface area (Å²) in [5.74, 6) is 1.43. The van der Waals surface area contributed by atoms with Gasteiger partial charge in [-0.3, -0.25) is 4.79 Å². The first-order chi connectivity index (χ1) is 9.52. The van der Waals surface area contributed by atoms with Crippen molar-refractivity contribution in [2.24, 2.45) is 5.92 Å². The molecule has 1 aromatic rings. The molecule has 0 aliphatic carbocycles. The lowest BCUT2D eigenvalue weighted by atomic mass is 10.2. The summed E-state index contributed by atoms with van der Waals surface area (Å²) in [6.07, 6.45) is 0.366. The number of carbonyl (C=O) groups is 1. The lowest BCUT2D eigenvalue weighted by Crippen LogP contribution is -2.21. The van der Waals surface area contributed by atoms with Gasteiger partial charge in [-0.05, 0) is 30.7 Å². The van der Waals surface area contributed by atoms with Crippen LogP contribution < -0.4 is 15.4 Å². The van der Waals surface area contributed by atoms with E-state index in [1.54, 1.807) is 7.05 Å². The van der Waals surface area contributed by atoms with Crippen molar-refractivity contribution < 1.29 is 9.53 Å². The molecule has 20 heavy (non-hydrogen) atoms. The summed E-state index contributed by atoms with van der Waals surface area (Å²) < 4.78 is 6.73. The van der Waals surface area contributed by atoms with Crippen molar-refractivity contribution in [2.45, 2.75) is 26.8 Å². The highest BCUT2D eigenvalue weighted by atomic mass is 79.9. The highest BCUT2D eigenvalue weighted by molar-refractivity contribution is 9.10. The van der Waals surface area contributed by atoms with Crippen LogP contribution >= 0.6 is 15.9 Å². The number of halogens is 1. The summed E-state index contributed by atoms with van der Waals surface area (Å²) in [7, 11) is 1.63. The molecule has 0 saturated heterocycles. The molecule has 5 heteroatoms. The zero-order valence-electron chi connectivity index (χ0n) is 12.3. The molecule has 4 nitrogen and oxygen atoms in total. The summed E-state index contributed by atoms with van der Waals surface area (Å²) in [5.41, 5.74) is 1.09. The van der Waals surface area contributed by atoms with E-state index in [0.717, 1.165) is 28.9 Å². The van der Waals surface area contributed by atoms with Gasteiger partial charge < -0.3 is 15.4 Å². The maximum atomic E-state index is 11.2. The molecular formula is C15H23BrN2O2. The molecule has 1 rings (SSSR count). The number of ether oxygens (including phenoxy) is 1. The minimum atomic E-state index is -0.0124. The third-order valence-electron chi connectivity index (χ3n) is 2.76. The Hall–Kier alpha value is -1.07. The Morgan fingerprint density at radius 1 is 1.40 bits per heavy atom. The van der Waals surface area contributed by atoms with Gasteiger partial charge in [-0.1, -0.05) is 29.8 Å². The molecule has 2 N–H and O–H groups in total. The van der Waals surface area contributed by atoms with E-state index < -0.39 is 0 Å². The average molecular weight is 343 g/mol. The molecule has 0 aromatic heterocycles. The molecule has 1 amide bonds. The number of benzene rings is 1. The Morgan fingerprint density at radius 3 is 2.80 bits per heavy atom. The van der Waals surface area contributed by atoms with Gasteiger partial charge in [-0.15, -0.1) is 0 Å². The van der Waals surface area contributed by atoms with Crippen molar-refractivity contribution in [1.82, 2.24) is 10.6 Å². The van der Waals surface area contributed by atoms with E-state index in [1.165, 1.54) is 0 Å². The number of hydrogen-bond acceptors (Lipinski definition) is 3. The third kappa shape index (κ3) is 6.39. The normalized spacial score (nSPS) is 10.7. The van der Waals surface area contributed by atoms with Gasteiger partial charge in [0.25, 0.3) is 0 Å². The first kappa shape index (κ1) is 17.0. The van der Waals surface area contributed by atoms with E-state index in [9.17, 15) is 4.79 Å². The molecule has 0 atom stereocenters. The van der Waals surface area contributed by atoms with E-state index in [0.29, 0.717) is 18.9 Å². The van der Waals surface area contributed by atoms with Gasteiger partial charge in [0.15, 0.2) is 0 Å². The second-order valence-corrected chi connectivity index (χ2v) is 5.96. The zero-order chi connectivity index (χ0) is 15.0. The molecular weight excluding hydrogens is 320 g/mol. The van der Waals surface area contributed by atoms with Crippen LogP contribution in [0.4, 0.5) is 0 Å². The number of hydrogen-bond donors (Lipinski definition) is 2. The minimum Gasteiger partial charge on any atom is -0.493 e. The van der Waals surface area contributed by atoms with Crippen molar-refractivity contribution in [3.63, 3.8) is 0 Å². The maximum Gasteiger partial charge on any atom is 0.223 e. The average Bonchev–Trinajstić information content (AvgIpc) is 2.40. The highest BCUT2D eigenvalue weighted by Gasteiger charge is 2.06. The van der Waals surface area contributed by atoms with Gasteiger partial charge in [-0.2, -0.15) is 0 Å². The van der Waals surface area contributed by atoms with Crippen LogP contribution in [-0.2, 0) is 11.3 Å². The first-order valence-electron chi connectivity index (χ1n) is 6.85. The van der Waals surface area contributed by atoms with Gasteiger partial charge in [-0.25, -0.2) is 0 Å². The topological polar surface area (TPSA) is 50.4 Å². The largest absolute Gasteiger partial charge is 0.493 e. The van der Waals surface area contributed by atoms with Crippen molar-refractivity contribution in [3.05, 3.63) is 28.2 Å². The second-order valence-electron chi connectivity index (χ2n) is 5.05. The minimum absolute atomic E-state index is 0.0124. The number of amides is 1.